The van der Waals surface area contributed by atoms with Crippen LogP contribution >= 0.6 is 0 Å². The number of hydrogen-bond acceptors (Lipinski definition) is 4. The lowest BCUT2D eigenvalue weighted by molar-refractivity contribution is -0.148. The minimum Gasteiger partial charge on any atom is -0.496 e. The molecule has 1 aromatic carbocycles. The predicted molar refractivity (Wildman–Crippen MR) is 89.0 cm³/mol. The second-order valence-electron chi connectivity index (χ2n) is 6.32. The summed E-state index contributed by atoms with van der Waals surface area (Å²) in [5.74, 6) is -0.213. The van der Waals surface area contributed by atoms with Crippen molar-refractivity contribution >= 4 is 11.9 Å². The van der Waals surface area contributed by atoms with E-state index in [2.05, 4.69) is 0 Å². The molecule has 0 saturated carbocycles. The van der Waals surface area contributed by atoms with E-state index in [0.717, 1.165) is 11.3 Å². The number of hydrogen-bond donors (Lipinski definition) is 1. The number of para-hydroxylation sites is 1. The highest BCUT2D eigenvalue weighted by molar-refractivity contribution is 5.84. The Morgan fingerprint density at radius 2 is 2.04 bits per heavy atom. The first-order valence-corrected chi connectivity index (χ1v) is 8.13. The van der Waals surface area contributed by atoms with E-state index in [1.807, 2.05) is 31.2 Å². The lowest BCUT2D eigenvalue weighted by atomic mass is 9.96. The van der Waals surface area contributed by atoms with Gasteiger partial charge in [0.25, 0.3) is 0 Å². The van der Waals surface area contributed by atoms with Crippen LogP contribution in [0.3, 0.4) is 0 Å². The van der Waals surface area contributed by atoms with Gasteiger partial charge in [0.1, 0.15) is 11.8 Å². The highest BCUT2D eigenvalue weighted by Crippen LogP contribution is 2.25. The first-order chi connectivity index (χ1) is 11.5. The van der Waals surface area contributed by atoms with Crippen molar-refractivity contribution < 1.29 is 24.2 Å². The number of nitrogens with zero attached hydrogens (tertiary/aromatic N) is 1. The lowest BCUT2D eigenvalue weighted by Crippen LogP contribution is -2.41. The van der Waals surface area contributed by atoms with E-state index in [9.17, 15) is 14.7 Å². The molecule has 2 rings (SSSR count). The molecule has 1 heterocycles. The number of methoxy groups -OCH3 is 2. The quantitative estimate of drug-likeness (QED) is 0.824. The van der Waals surface area contributed by atoms with Crippen molar-refractivity contribution in [2.75, 3.05) is 20.8 Å². The van der Waals surface area contributed by atoms with Crippen LogP contribution in [-0.2, 0) is 20.7 Å². The van der Waals surface area contributed by atoms with Crippen LogP contribution in [-0.4, -0.2) is 54.8 Å². The Kier molecular flexibility index (Phi) is 6.20. The molecule has 1 saturated heterocycles. The van der Waals surface area contributed by atoms with Gasteiger partial charge in [-0.3, -0.25) is 4.79 Å². The first kappa shape index (κ1) is 18.3. The van der Waals surface area contributed by atoms with Crippen LogP contribution in [0, 0.1) is 5.92 Å². The molecular weight excluding hydrogens is 310 g/mol. The zero-order valence-electron chi connectivity index (χ0n) is 14.4. The average molecular weight is 335 g/mol. The molecule has 6 heteroatoms. The topological polar surface area (TPSA) is 76.1 Å². The van der Waals surface area contributed by atoms with Crippen LogP contribution < -0.4 is 4.74 Å². The van der Waals surface area contributed by atoms with Gasteiger partial charge in [0, 0.05) is 26.5 Å². The minimum absolute atomic E-state index is 0.0878. The summed E-state index contributed by atoms with van der Waals surface area (Å²) in [5.41, 5.74) is 1.05. The predicted octanol–water partition coefficient (Wildman–Crippen LogP) is 1.96. The third kappa shape index (κ3) is 4.26. The van der Waals surface area contributed by atoms with Crippen molar-refractivity contribution in [3.63, 3.8) is 0 Å². The molecule has 132 valence electrons. The largest absolute Gasteiger partial charge is 0.496 e. The molecule has 1 amide bonds. The molecule has 1 aliphatic heterocycles. The monoisotopic (exact) mass is 335 g/mol. The van der Waals surface area contributed by atoms with Crippen LogP contribution in [0.5, 0.6) is 5.75 Å². The van der Waals surface area contributed by atoms with Gasteiger partial charge in [-0.05, 0) is 24.0 Å². The van der Waals surface area contributed by atoms with Crippen LogP contribution in [0.2, 0.25) is 0 Å². The Bertz CT molecular complexity index is 589. The summed E-state index contributed by atoms with van der Waals surface area (Å²) >= 11 is 0. The fourth-order valence-corrected chi connectivity index (χ4v) is 3.21. The van der Waals surface area contributed by atoms with Gasteiger partial charge >= 0.3 is 5.97 Å². The third-order valence-corrected chi connectivity index (χ3v) is 4.49. The van der Waals surface area contributed by atoms with Gasteiger partial charge in [-0.15, -0.1) is 0 Å². The lowest BCUT2D eigenvalue weighted by Gasteiger charge is -2.23. The van der Waals surface area contributed by atoms with Crippen molar-refractivity contribution in [3.05, 3.63) is 29.8 Å². The number of carboxylic acid groups (broad SMARTS) is 1. The van der Waals surface area contributed by atoms with Gasteiger partial charge in [-0.25, -0.2) is 4.79 Å². The number of carboxylic acids is 1. The molecule has 24 heavy (non-hydrogen) atoms. The normalized spacial score (nSPS) is 21.5. The van der Waals surface area contributed by atoms with Crippen LogP contribution in [0.15, 0.2) is 24.3 Å². The Morgan fingerprint density at radius 3 is 2.67 bits per heavy atom. The maximum Gasteiger partial charge on any atom is 0.326 e. The molecular formula is C18H25NO5. The van der Waals surface area contributed by atoms with Gasteiger partial charge in [0.15, 0.2) is 0 Å². The van der Waals surface area contributed by atoms with E-state index in [1.165, 1.54) is 4.90 Å². The third-order valence-electron chi connectivity index (χ3n) is 4.49. The molecule has 1 aromatic rings. The highest BCUT2D eigenvalue weighted by Gasteiger charge is 2.39. The SMILES string of the molecule is COc1ccccc1CC(C)CC(=O)N1CC(OC)CC1C(=O)O. The number of carbonyl (C=O) groups excluding carboxylic acids is 1. The summed E-state index contributed by atoms with van der Waals surface area (Å²) in [6.45, 7) is 2.33. The summed E-state index contributed by atoms with van der Waals surface area (Å²) in [4.78, 5) is 25.4. The van der Waals surface area contributed by atoms with Crippen molar-refractivity contribution in [2.45, 2.75) is 38.3 Å². The average Bonchev–Trinajstić information content (AvgIpc) is 3.00. The van der Waals surface area contributed by atoms with Crippen LogP contribution in [0.25, 0.3) is 0 Å². The highest BCUT2D eigenvalue weighted by atomic mass is 16.5. The van der Waals surface area contributed by atoms with Crippen molar-refractivity contribution in [1.82, 2.24) is 4.90 Å². The second kappa shape index (κ2) is 8.15. The molecule has 0 bridgehead atoms. The Balaban J connectivity index is 1.99. The fraction of sp³-hybridized carbons (Fsp3) is 0.556. The molecule has 1 N–H and O–H groups in total. The molecule has 0 radical (unpaired) electrons. The number of rotatable bonds is 7. The number of benzene rings is 1. The maximum atomic E-state index is 12.6. The van der Waals surface area contributed by atoms with Gasteiger partial charge < -0.3 is 19.5 Å². The Labute approximate surface area is 142 Å². The van der Waals surface area contributed by atoms with Gasteiger partial charge in [-0.2, -0.15) is 0 Å². The van der Waals surface area contributed by atoms with E-state index in [0.29, 0.717) is 25.8 Å². The van der Waals surface area contributed by atoms with Crippen LogP contribution in [0.1, 0.15) is 25.3 Å². The van der Waals surface area contributed by atoms with Crippen molar-refractivity contribution in [1.29, 1.82) is 0 Å². The fourth-order valence-electron chi connectivity index (χ4n) is 3.21. The zero-order valence-corrected chi connectivity index (χ0v) is 14.4. The summed E-state index contributed by atoms with van der Waals surface area (Å²) in [5, 5.41) is 9.32. The molecule has 0 spiro atoms. The minimum atomic E-state index is -0.972. The van der Waals surface area contributed by atoms with Gasteiger partial charge in [-0.1, -0.05) is 25.1 Å². The molecule has 3 atom stereocenters. The summed E-state index contributed by atoms with van der Waals surface area (Å²) < 4.78 is 10.6. The molecule has 0 aromatic heterocycles. The Hall–Kier alpha value is -2.08. The van der Waals surface area contributed by atoms with Crippen molar-refractivity contribution in [2.24, 2.45) is 5.92 Å². The van der Waals surface area contributed by atoms with E-state index in [4.69, 9.17) is 9.47 Å². The Morgan fingerprint density at radius 1 is 1.33 bits per heavy atom. The summed E-state index contributed by atoms with van der Waals surface area (Å²) in [7, 11) is 3.17. The molecule has 1 fully saturated rings. The summed E-state index contributed by atoms with van der Waals surface area (Å²) in [6, 6.07) is 6.94. The van der Waals surface area contributed by atoms with E-state index < -0.39 is 12.0 Å². The number of amides is 1. The van der Waals surface area contributed by atoms with E-state index >= 15 is 0 Å². The van der Waals surface area contributed by atoms with Gasteiger partial charge in [0.05, 0.1) is 13.2 Å². The zero-order chi connectivity index (χ0) is 17.7. The molecule has 3 unspecified atom stereocenters. The maximum absolute atomic E-state index is 12.6. The first-order valence-electron chi connectivity index (χ1n) is 8.13. The molecule has 0 aliphatic carbocycles. The number of aliphatic carboxylic acids is 1. The summed E-state index contributed by atoms with van der Waals surface area (Å²) in [6.07, 6.45) is 1.14. The molecule has 1 aliphatic rings. The second-order valence-corrected chi connectivity index (χ2v) is 6.32. The van der Waals surface area contributed by atoms with E-state index in [1.54, 1.807) is 14.2 Å². The van der Waals surface area contributed by atoms with Crippen LogP contribution in [0.4, 0.5) is 0 Å². The number of carbonyl (C=O) groups is 2. The van der Waals surface area contributed by atoms with E-state index in [-0.39, 0.29) is 17.9 Å². The number of likely N-dealkylation sites (tertiary alicyclic amines) is 1. The smallest absolute Gasteiger partial charge is 0.326 e. The number of ether oxygens (including phenoxy) is 2. The molecule has 6 nitrogen and oxygen atoms in total. The van der Waals surface area contributed by atoms with Gasteiger partial charge in [0.2, 0.25) is 5.91 Å². The van der Waals surface area contributed by atoms with Crippen molar-refractivity contribution in [3.8, 4) is 5.75 Å². The standard InChI is InChI=1S/C18H25NO5/c1-12(8-13-6-4-5-7-16(13)24-3)9-17(20)19-11-14(23-2)10-15(19)18(21)22/h4-7,12,14-15H,8-11H2,1-3H3,(H,21,22).